The van der Waals surface area contributed by atoms with Crippen molar-refractivity contribution in [3.8, 4) is 0 Å². The number of amides is 1. The second-order valence-electron chi connectivity index (χ2n) is 7.49. The normalized spacial score (nSPS) is 22.7. The summed E-state index contributed by atoms with van der Waals surface area (Å²) in [5.41, 5.74) is 10.7. The Bertz CT molecular complexity index is 770. The molecule has 1 aromatic carbocycles. The number of rotatable bonds is 3. The fraction of sp³-hybridized carbons (Fsp3) is 0.526. The highest BCUT2D eigenvalue weighted by Gasteiger charge is 2.34. The lowest BCUT2D eigenvalue weighted by atomic mass is 9.90. The fourth-order valence-electron chi connectivity index (χ4n) is 3.96. The average Bonchev–Trinajstić information content (AvgIpc) is 3.25. The molecule has 1 amide bonds. The SMILES string of the molecule is CC1(CN)CCN(C(=O)Cc2coc3cc4c(cc23)CCC4)C1.Cl. The molecule has 24 heavy (non-hydrogen) atoms. The first-order valence-electron chi connectivity index (χ1n) is 8.58. The van der Waals surface area contributed by atoms with Gasteiger partial charge < -0.3 is 15.1 Å². The Kier molecular flexibility index (Phi) is 4.63. The van der Waals surface area contributed by atoms with Crippen LogP contribution in [0.25, 0.3) is 11.0 Å². The van der Waals surface area contributed by atoms with Gasteiger partial charge in [-0.3, -0.25) is 4.79 Å². The van der Waals surface area contributed by atoms with Gasteiger partial charge in [-0.2, -0.15) is 0 Å². The average molecular weight is 349 g/mol. The third-order valence-electron chi connectivity index (χ3n) is 5.61. The highest BCUT2D eigenvalue weighted by Crippen LogP contribution is 2.32. The zero-order chi connectivity index (χ0) is 16.0. The van der Waals surface area contributed by atoms with Crippen molar-refractivity contribution in [3.63, 3.8) is 0 Å². The molecule has 2 aromatic rings. The molecule has 0 spiro atoms. The summed E-state index contributed by atoms with van der Waals surface area (Å²) >= 11 is 0. The van der Waals surface area contributed by atoms with E-state index in [-0.39, 0.29) is 23.7 Å². The van der Waals surface area contributed by atoms with Gasteiger partial charge in [-0.15, -0.1) is 12.4 Å². The number of hydrogen-bond acceptors (Lipinski definition) is 3. The van der Waals surface area contributed by atoms with E-state index in [9.17, 15) is 4.79 Å². The van der Waals surface area contributed by atoms with Crippen molar-refractivity contribution in [3.05, 3.63) is 35.1 Å². The molecule has 1 aromatic heterocycles. The maximum absolute atomic E-state index is 12.6. The molecule has 4 nitrogen and oxygen atoms in total. The maximum Gasteiger partial charge on any atom is 0.227 e. The number of carbonyl (C=O) groups is 1. The van der Waals surface area contributed by atoms with Crippen LogP contribution in [-0.2, 0) is 24.1 Å². The number of benzene rings is 1. The van der Waals surface area contributed by atoms with Crippen LogP contribution in [0, 0.1) is 5.41 Å². The first-order valence-corrected chi connectivity index (χ1v) is 8.58. The van der Waals surface area contributed by atoms with E-state index >= 15 is 0 Å². The van der Waals surface area contributed by atoms with Crippen molar-refractivity contribution in [1.82, 2.24) is 4.90 Å². The molecule has 5 heteroatoms. The molecule has 130 valence electrons. The molecule has 0 radical (unpaired) electrons. The lowest BCUT2D eigenvalue weighted by Gasteiger charge is -2.22. The Morgan fingerprint density at radius 3 is 2.79 bits per heavy atom. The van der Waals surface area contributed by atoms with Crippen LogP contribution in [0.1, 0.15) is 36.5 Å². The van der Waals surface area contributed by atoms with Crippen LogP contribution in [0.15, 0.2) is 22.8 Å². The molecule has 4 rings (SSSR count). The topological polar surface area (TPSA) is 59.5 Å². The van der Waals surface area contributed by atoms with E-state index in [0.717, 1.165) is 48.9 Å². The Balaban J connectivity index is 0.00000169. The van der Waals surface area contributed by atoms with Crippen molar-refractivity contribution in [2.24, 2.45) is 11.1 Å². The van der Waals surface area contributed by atoms with Gasteiger partial charge in [-0.05, 0) is 60.9 Å². The van der Waals surface area contributed by atoms with E-state index in [1.54, 1.807) is 6.26 Å². The minimum absolute atomic E-state index is 0. The summed E-state index contributed by atoms with van der Waals surface area (Å²) < 4.78 is 5.71. The van der Waals surface area contributed by atoms with Gasteiger partial charge in [0.25, 0.3) is 0 Å². The first-order chi connectivity index (χ1) is 11.1. The molecule has 1 aliphatic carbocycles. The van der Waals surface area contributed by atoms with E-state index in [4.69, 9.17) is 10.2 Å². The molecule has 1 saturated heterocycles. The number of aryl methyl sites for hydroxylation is 2. The summed E-state index contributed by atoms with van der Waals surface area (Å²) in [4.78, 5) is 14.6. The number of nitrogens with zero attached hydrogens (tertiary/aromatic N) is 1. The monoisotopic (exact) mass is 348 g/mol. The highest BCUT2D eigenvalue weighted by atomic mass is 35.5. The third kappa shape index (κ3) is 2.93. The quantitative estimate of drug-likeness (QED) is 0.927. The predicted molar refractivity (Wildman–Crippen MR) is 97.5 cm³/mol. The van der Waals surface area contributed by atoms with Crippen LogP contribution < -0.4 is 5.73 Å². The summed E-state index contributed by atoms with van der Waals surface area (Å²) in [6, 6.07) is 4.39. The summed E-state index contributed by atoms with van der Waals surface area (Å²) in [6.45, 7) is 4.39. The van der Waals surface area contributed by atoms with Crippen molar-refractivity contribution in [2.75, 3.05) is 19.6 Å². The van der Waals surface area contributed by atoms with Crippen LogP contribution in [0.5, 0.6) is 0 Å². The minimum atomic E-state index is 0. The Hall–Kier alpha value is -1.52. The molecular formula is C19H25ClN2O2. The van der Waals surface area contributed by atoms with E-state index in [0.29, 0.717) is 13.0 Å². The number of hydrogen-bond donors (Lipinski definition) is 1. The van der Waals surface area contributed by atoms with Crippen molar-refractivity contribution < 1.29 is 9.21 Å². The number of likely N-dealkylation sites (tertiary alicyclic amines) is 1. The zero-order valence-corrected chi connectivity index (χ0v) is 15.0. The number of furan rings is 1. The largest absolute Gasteiger partial charge is 0.464 e. The minimum Gasteiger partial charge on any atom is -0.464 e. The van der Waals surface area contributed by atoms with Crippen LogP contribution in [0.4, 0.5) is 0 Å². The molecule has 1 aliphatic heterocycles. The Morgan fingerprint density at radius 2 is 2.08 bits per heavy atom. The molecule has 2 N–H and O–H groups in total. The summed E-state index contributed by atoms with van der Waals surface area (Å²) in [5, 5.41) is 1.11. The van der Waals surface area contributed by atoms with Crippen LogP contribution in [0.3, 0.4) is 0 Å². The van der Waals surface area contributed by atoms with Gasteiger partial charge in [0.15, 0.2) is 0 Å². The van der Waals surface area contributed by atoms with Gasteiger partial charge in [0.2, 0.25) is 5.91 Å². The molecule has 1 unspecified atom stereocenters. The van der Waals surface area contributed by atoms with Crippen LogP contribution in [0.2, 0.25) is 0 Å². The molecule has 0 bridgehead atoms. The first kappa shape index (κ1) is 17.3. The Morgan fingerprint density at radius 1 is 1.33 bits per heavy atom. The second-order valence-corrected chi connectivity index (χ2v) is 7.49. The number of halogens is 1. The highest BCUT2D eigenvalue weighted by molar-refractivity contribution is 5.88. The molecule has 1 atom stereocenters. The summed E-state index contributed by atoms with van der Waals surface area (Å²) in [6.07, 6.45) is 6.69. The van der Waals surface area contributed by atoms with Gasteiger partial charge in [-0.1, -0.05) is 6.92 Å². The summed E-state index contributed by atoms with van der Waals surface area (Å²) in [5.74, 6) is 0.186. The zero-order valence-electron chi connectivity index (χ0n) is 14.1. The van der Waals surface area contributed by atoms with Crippen LogP contribution in [-0.4, -0.2) is 30.4 Å². The number of carbonyl (C=O) groups excluding carboxylic acids is 1. The molecule has 2 heterocycles. The third-order valence-corrected chi connectivity index (χ3v) is 5.61. The van der Waals surface area contributed by atoms with E-state index < -0.39 is 0 Å². The van der Waals surface area contributed by atoms with Gasteiger partial charge in [0.1, 0.15) is 5.58 Å². The van der Waals surface area contributed by atoms with Crippen LogP contribution >= 0.6 is 12.4 Å². The second kappa shape index (κ2) is 6.41. The van der Waals surface area contributed by atoms with Gasteiger partial charge in [-0.25, -0.2) is 0 Å². The standard InChI is InChI=1S/C19H24N2O2.ClH/c1-19(11-20)5-6-21(12-19)18(22)9-15-10-23-17-8-14-4-2-3-13(14)7-16(15)17;/h7-8,10H,2-6,9,11-12,20H2,1H3;1H. The molecular weight excluding hydrogens is 324 g/mol. The van der Waals surface area contributed by atoms with Crippen molar-refractivity contribution in [2.45, 2.75) is 39.0 Å². The predicted octanol–water partition coefficient (Wildman–Crippen LogP) is 3.08. The fourth-order valence-corrected chi connectivity index (χ4v) is 3.96. The molecule has 0 saturated carbocycles. The molecule has 2 aliphatic rings. The Labute approximate surface area is 148 Å². The lowest BCUT2D eigenvalue weighted by Crippen LogP contribution is -2.35. The van der Waals surface area contributed by atoms with Gasteiger partial charge in [0.05, 0.1) is 12.7 Å². The van der Waals surface area contributed by atoms with Gasteiger partial charge >= 0.3 is 0 Å². The van der Waals surface area contributed by atoms with Crippen molar-refractivity contribution in [1.29, 1.82) is 0 Å². The maximum atomic E-state index is 12.6. The number of fused-ring (bicyclic) bond motifs is 2. The van der Waals surface area contributed by atoms with Crippen molar-refractivity contribution >= 4 is 29.3 Å². The lowest BCUT2D eigenvalue weighted by molar-refractivity contribution is -0.129. The van der Waals surface area contributed by atoms with E-state index in [1.165, 1.54) is 17.5 Å². The van der Waals surface area contributed by atoms with E-state index in [1.807, 2.05) is 4.90 Å². The summed E-state index contributed by atoms with van der Waals surface area (Å²) in [7, 11) is 0. The molecule has 1 fully saturated rings. The van der Waals surface area contributed by atoms with E-state index in [2.05, 4.69) is 19.1 Å². The number of nitrogens with two attached hydrogens (primary N) is 1. The smallest absolute Gasteiger partial charge is 0.227 e. The van der Waals surface area contributed by atoms with Gasteiger partial charge in [0, 0.05) is 24.0 Å².